The molecule has 0 radical (unpaired) electrons. The number of rotatable bonds is 6. The Balaban J connectivity index is 1.41. The molecule has 3 nitrogen and oxygen atoms in total. The van der Waals surface area contributed by atoms with Crippen LogP contribution in [0.1, 0.15) is 32.1 Å². The predicted molar refractivity (Wildman–Crippen MR) is 57.5 cm³/mol. The van der Waals surface area contributed by atoms with E-state index in [1.165, 1.54) is 32.1 Å². The molecule has 2 N–H and O–H groups in total. The molecule has 0 bridgehead atoms. The van der Waals surface area contributed by atoms with E-state index in [4.69, 9.17) is 4.74 Å². The second-order valence-electron chi connectivity index (χ2n) is 4.40. The van der Waals surface area contributed by atoms with Crippen molar-refractivity contribution in [1.82, 2.24) is 10.6 Å². The predicted octanol–water partition coefficient (Wildman–Crippen LogP) is 0.897. The quantitative estimate of drug-likeness (QED) is 0.622. The highest BCUT2D eigenvalue weighted by Gasteiger charge is 2.19. The molecule has 1 aliphatic heterocycles. The number of nitrogens with one attached hydrogen (secondary N) is 2. The molecule has 0 amide bonds. The molecule has 0 aromatic heterocycles. The standard InChI is InChI=1S/C11H22N2O/c1(6-13-10-2-3-10)9-14-11-4-7-12-8-5-11/h10-13H,1-9H2. The maximum Gasteiger partial charge on any atom is 0.0599 e. The summed E-state index contributed by atoms with van der Waals surface area (Å²) in [6.45, 7) is 4.33. The Labute approximate surface area is 86.6 Å². The summed E-state index contributed by atoms with van der Waals surface area (Å²) in [4.78, 5) is 0. The summed E-state index contributed by atoms with van der Waals surface area (Å²) >= 11 is 0. The van der Waals surface area contributed by atoms with Crippen LogP contribution in [0.15, 0.2) is 0 Å². The summed E-state index contributed by atoms with van der Waals surface area (Å²) < 4.78 is 5.81. The molecule has 0 spiro atoms. The van der Waals surface area contributed by atoms with Gasteiger partial charge in [-0.15, -0.1) is 0 Å². The fraction of sp³-hybridized carbons (Fsp3) is 1.00. The van der Waals surface area contributed by atoms with Crippen LogP contribution in [-0.2, 0) is 4.74 Å². The molecule has 0 aromatic rings. The first-order valence-electron chi connectivity index (χ1n) is 6.01. The molecule has 0 unspecified atom stereocenters. The van der Waals surface area contributed by atoms with Crippen LogP contribution in [0, 0.1) is 0 Å². The van der Waals surface area contributed by atoms with Gasteiger partial charge in [-0.05, 0) is 51.7 Å². The largest absolute Gasteiger partial charge is 0.378 e. The van der Waals surface area contributed by atoms with Gasteiger partial charge in [0.2, 0.25) is 0 Å². The summed E-state index contributed by atoms with van der Waals surface area (Å²) in [6, 6.07) is 0.842. The highest BCUT2D eigenvalue weighted by Crippen LogP contribution is 2.18. The molecule has 1 saturated heterocycles. The van der Waals surface area contributed by atoms with Crippen LogP contribution < -0.4 is 10.6 Å². The molecular weight excluding hydrogens is 176 g/mol. The van der Waals surface area contributed by atoms with Crippen LogP contribution in [0.5, 0.6) is 0 Å². The maximum atomic E-state index is 5.81. The lowest BCUT2D eigenvalue weighted by atomic mass is 10.1. The number of piperidine rings is 1. The zero-order valence-corrected chi connectivity index (χ0v) is 8.93. The van der Waals surface area contributed by atoms with Crippen molar-refractivity contribution >= 4 is 0 Å². The zero-order chi connectivity index (χ0) is 9.64. The smallest absolute Gasteiger partial charge is 0.0599 e. The van der Waals surface area contributed by atoms with Crippen molar-refractivity contribution in [3.8, 4) is 0 Å². The van der Waals surface area contributed by atoms with Crippen molar-refractivity contribution in [2.24, 2.45) is 0 Å². The number of hydrogen-bond donors (Lipinski definition) is 2. The fourth-order valence-electron chi connectivity index (χ4n) is 1.88. The van der Waals surface area contributed by atoms with E-state index in [0.29, 0.717) is 6.10 Å². The Hall–Kier alpha value is -0.120. The minimum Gasteiger partial charge on any atom is -0.378 e. The average Bonchev–Trinajstić information content (AvgIpc) is 3.03. The average molecular weight is 198 g/mol. The van der Waals surface area contributed by atoms with E-state index in [1.54, 1.807) is 0 Å². The monoisotopic (exact) mass is 198 g/mol. The third kappa shape index (κ3) is 3.95. The summed E-state index contributed by atoms with van der Waals surface area (Å²) in [5, 5.41) is 6.85. The molecule has 0 aromatic carbocycles. The molecule has 1 aliphatic carbocycles. The Morgan fingerprint density at radius 2 is 1.93 bits per heavy atom. The van der Waals surface area contributed by atoms with Gasteiger partial charge in [-0.2, -0.15) is 0 Å². The van der Waals surface area contributed by atoms with Crippen LogP contribution in [0.2, 0.25) is 0 Å². The first-order valence-corrected chi connectivity index (χ1v) is 6.01. The zero-order valence-electron chi connectivity index (χ0n) is 8.93. The highest BCUT2D eigenvalue weighted by atomic mass is 16.5. The molecule has 0 atom stereocenters. The van der Waals surface area contributed by atoms with Crippen molar-refractivity contribution < 1.29 is 4.74 Å². The summed E-state index contributed by atoms with van der Waals surface area (Å²) in [5.41, 5.74) is 0. The lowest BCUT2D eigenvalue weighted by Gasteiger charge is -2.22. The van der Waals surface area contributed by atoms with Gasteiger partial charge in [0.25, 0.3) is 0 Å². The van der Waals surface area contributed by atoms with Gasteiger partial charge < -0.3 is 15.4 Å². The third-order valence-electron chi connectivity index (χ3n) is 2.97. The van der Waals surface area contributed by atoms with Gasteiger partial charge in [-0.1, -0.05) is 0 Å². The van der Waals surface area contributed by atoms with Crippen LogP contribution in [0.4, 0.5) is 0 Å². The minimum atomic E-state index is 0.525. The second kappa shape index (κ2) is 5.69. The van der Waals surface area contributed by atoms with E-state index in [-0.39, 0.29) is 0 Å². The first-order chi connectivity index (χ1) is 6.95. The van der Waals surface area contributed by atoms with Gasteiger partial charge in [0, 0.05) is 12.6 Å². The van der Waals surface area contributed by atoms with Gasteiger partial charge in [-0.3, -0.25) is 0 Å². The second-order valence-corrected chi connectivity index (χ2v) is 4.40. The summed E-state index contributed by atoms with van der Waals surface area (Å²) in [5.74, 6) is 0. The van der Waals surface area contributed by atoms with Crippen LogP contribution in [-0.4, -0.2) is 38.4 Å². The lowest BCUT2D eigenvalue weighted by molar-refractivity contribution is 0.0317. The molecule has 14 heavy (non-hydrogen) atoms. The molecule has 2 fully saturated rings. The number of hydrogen-bond acceptors (Lipinski definition) is 3. The van der Waals surface area contributed by atoms with Crippen molar-refractivity contribution in [3.05, 3.63) is 0 Å². The Morgan fingerprint density at radius 1 is 1.14 bits per heavy atom. The maximum absolute atomic E-state index is 5.81. The van der Waals surface area contributed by atoms with Gasteiger partial charge in [0.15, 0.2) is 0 Å². The van der Waals surface area contributed by atoms with E-state index in [2.05, 4.69) is 10.6 Å². The molecule has 3 heteroatoms. The van der Waals surface area contributed by atoms with E-state index in [9.17, 15) is 0 Å². The topological polar surface area (TPSA) is 33.3 Å². The van der Waals surface area contributed by atoms with Crippen molar-refractivity contribution in [2.45, 2.75) is 44.2 Å². The Kier molecular flexibility index (Phi) is 4.22. The van der Waals surface area contributed by atoms with E-state index >= 15 is 0 Å². The number of ether oxygens (including phenoxy) is 1. The third-order valence-corrected chi connectivity index (χ3v) is 2.97. The van der Waals surface area contributed by atoms with Crippen molar-refractivity contribution in [2.75, 3.05) is 26.2 Å². The Morgan fingerprint density at radius 3 is 2.64 bits per heavy atom. The van der Waals surface area contributed by atoms with E-state index in [0.717, 1.165) is 32.3 Å². The molecule has 2 aliphatic rings. The SMILES string of the molecule is C(CNC1CC1)COC1CCNCC1. The molecule has 2 rings (SSSR count). The summed E-state index contributed by atoms with van der Waals surface area (Å²) in [7, 11) is 0. The van der Waals surface area contributed by atoms with Crippen molar-refractivity contribution in [3.63, 3.8) is 0 Å². The minimum absolute atomic E-state index is 0.525. The first kappa shape index (κ1) is 10.4. The van der Waals surface area contributed by atoms with Crippen LogP contribution >= 0.6 is 0 Å². The normalized spacial score (nSPS) is 24.0. The fourth-order valence-corrected chi connectivity index (χ4v) is 1.88. The Bertz CT molecular complexity index is 153. The molecule has 82 valence electrons. The highest BCUT2D eigenvalue weighted by molar-refractivity contribution is 4.80. The van der Waals surface area contributed by atoms with Gasteiger partial charge in [0.1, 0.15) is 0 Å². The summed E-state index contributed by atoms with van der Waals surface area (Å²) in [6.07, 6.45) is 6.84. The van der Waals surface area contributed by atoms with Gasteiger partial charge in [-0.25, -0.2) is 0 Å². The van der Waals surface area contributed by atoms with Crippen LogP contribution in [0.25, 0.3) is 0 Å². The van der Waals surface area contributed by atoms with E-state index < -0.39 is 0 Å². The molecule has 1 saturated carbocycles. The van der Waals surface area contributed by atoms with Gasteiger partial charge >= 0.3 is 0 Å². The molecule has 1 heterocycles. The van der Waals surface area contributed by atoms with Crippen molar-refractivity contribution in [1.29, 1.82) is 0 Å². The van der Waals surface area contributed by atoms with Crippen LogP contribution in [0.3, 0.4) is 0 Å². The van der Waals surface area contributed by atoms with E-state index in [1.807, 2.05) is 0 Å². The van der Waals surface area contributed by atoms with Gasteiger partial charge in [0.05, 0.1) is 6.10 Å². The molecular formula is C11H22N2O. The lowest BCUT2D eigenvalue weighted by Crippen LogP contribution is -2.33.